The minimum atomic E-state index is -0.200. The second kappa shape index (κ2) is 3.33. The fraction of sp³-hybridized carbons (Fsp3) is 0.750. The fourth-order valence-corrected chi connectivity index (χ4v) is 1.20. The number of methoxy groups -OCH3 is 1. The Labute approximate surface area is 77.3 Å². The molecule has 5 nitrogen and oxygen atoms in total. The van der Waals surface area contributed by atoms with Crippen LogP contribution in [0.15, 0.2) is 4.52 Å². The third kappa shape index (κ3) is 2.18. The van der Waals surface area contributed by atoms with E-state index in [0.717, 1.165) is 0 Å². The molecule has 1 heterocycles. The molecule has 0 aliphatic rings. The Morgan fingerprint density at radius 3 is 2.38 bits per heavy atom. The van der Waals surface area contributed by atoms with Gasteiger partial charge in [0.2, 0.25) is 5.82 Å². The number of anilines is 1. The molecule has 1 aromatic heterocycles. The van der Waals surface area contributed by atoms with Gasteiger partial charge < -0.3 is 15.0 Å². The van der Waals surface area contributed by atoms with Gasteiger partial charge in [-0.2, -0.15) is 4.98 Å². The Bertz CT molecular complexity index is 277. The van der Waals surface area contributed by atoms with Crippen LogP contribution in [0.4, 0.5) is 6.01 Å². The third-order valence-electron chi connectivity index (χ3n) is 1.71. The van der Waals surface area contributed by atoms with Crippen molar-refractivity contribution in [2.45, 2.75) is 26.9 Å². The van der Waals surface area contributed by atoms with Crippen LogP contribution in [0.3, 0.4) is 0 Å². The van der Waals surface area contributed by atoms with E-state index < -0.39 is 0 Å². The van der Waals surface area contributed by atoms with E-state index >= 15 is 0 Å². The van der Waals surface area contributed by atoms with E-state index in [0.29, 0.717) is 5.82 Å². The van der Waals surface area contributed by atoms with Gasteiger partial charge in [0.25, 0.3) is 0 Å². The van der Waals surface area contributed by atoms with Gasteiger partial charge in [-0.25, -0.2) is 0 Å². The summed E-state index contributed by atoms with van der Waals surface area (Å²) in [7, 11) is 1.61. The fourth-order valence-electron chi connectivity index (χ4n) is 1.20. The molecule has 0 spiro atoms. The van der Waals surface area contributed by atoms with Gasteiger partial charge in [-0.05, 0) is 5.41 Å². The standard InChI is InChI=1S/C8H15N3O2/c1-8(2,3)5(12-4)6-10-7(9)13-11-6/h5H,1-4H3,(H2,9,10,11). The average molecular weight is 185 g/mol. The molecule has 2 N–H and O–H groups in total. The van der Waals surface area contributed by atoms with Crippen molar-refractivity contribution in [1.82, 2.24) is 10.1 Å². The van der Waals surface area contributed by atoms with Gasteiger partial charge in [0, 0.05) is 7.11 Å². The first-order chi connectivity index (χ1) is 5.95. The van der Waals surface area contributed by atoms with Gasteiger partial charge in [0.1, 0.15) is 6.10 Å². The topological polar surface area (TPSA) is 74.2 Å². The van der Waals surface area contributed by atoms with Crippen LogP contribution in [0.1, 0.15) is 32.7 Å². The highest BCUT2D eigenvalue weighted by Crippen LogP contribution is 2.33. The van der Waals surface area contributed by atoms with E-state index in [-0.39, 0.29) is 17.5 Å². The van der Waals surface area contributed by atoms with E-state index in [9.17, 15) is 0 Å². The molecule has 0 fully saturated rings. The zero-order valence-corrected chi connectivity index (χ0v) is 8.37. The van der Waals surface area contributed by atoms with Crippen molar-refractivity contribution in [2.24, 2.45) is 5.41 Å². The Kier molecular flexibility index (Phi) is 2.56. The van der Waals surface area contributed by atoms with Crippen LogP contribution in [0, 0.1) is 5.41 Å². The first-order valence-electron chi connectivity index (χ1n) is 4.07. The minimum Gasteiger partial charge on any atom is -0.373 e. The molecule has 1 atom stereocenters. The van der Waals surface area contributed by atoms with Crippen LogP contribution in [0.25, 0.3) is 0 Å². The van der Waals surface area contributed by atoms with Gasteiger partial charge >= 0.3 is 6.01 Å². The number of aromatic nitrogens is 2. The van der Waals surface area contributed by atoms with Gasteiger partial charge in [-0.1, -0.05) is 25.9 Å². The SMILES string of the molecule is COC(c1noc(N)n1)C(C)(C)C. The van der Waals surface area contributed by atoms with E-state index in [1.807, 2.05) is 20.8 Å². The summed E-state index contributed by atoms with van der Waals surface area (Å²) in [5.74, 6) is 0.493. The molecule has 1 rings (SSSR count). The number of hydrogen-bond donors (Lipinski definition) is 1. The summed E-state index contributed by atoms with van der Waals surface area (Å²) in [6.45, 7) is 6.11. The monoisotopic (exact) mass is 185 g/mol. The van der Waals surface area contributed by atoms with Crippen LogP contribution in [-0.4, -0.2) is 17.3 Å². The minimum absolute atomic E-state index is 0.0706. The Hall–Kier alpha value is -1.10. The zero-order valence-electron chi connectivity index (χ0n) is 8.37. The summed E-state index contributed by atoms with van der Waals surface area (Å²) in [4.78, 5) is 3.92. The molecule has 0 bridgehead atoms. The normalized spacial score (nSPS) is 14.5. The quantitative estimate of drug-likeness (QED) is 0.753. The lowest BCUT2D eigenvalue weighted by Crippen LogP contribution is -2.21. The Balaban J connectivity index is 2.91. The Morgan fingerprint density at radius 2 is 2.08 bits per heavy atom. The average Bonchev–Trinajstić information content (AvgIpc) is 2.34. The number of ether oxygens (including phenoxy) is 1. The highest BCUT2D eigenvalue weighted by atomic mass is 16.5. The molecular weight excluding hydrogens is 170 g/mol. The lowest BCUT2D eigenvalue weighted by atomic mass is 9.88. The highest BCUT2D eigenvalue weighted by Gasteiger charge is 2.30. The van der Waals surface area contributed by atoms with E-state index in [2.05, 4.69) is 14.7 Å². The molecule has 1 aromatic rings. The summed E-state index contributed by atoms with van der Waals surface area (Å²) in [6.07, 6.45) is -0.200. The predicted molar refractivity (Wildman–Crippen MR) is 47.9 cm³/mol. The van der Waals surface area contributed by atoms with Crippen molar-refractivity contribution in [3.8, 4) is 0 Å². The molecule has 0 radical (unpaired) electrons. The van der Waals surface area contributed by atoms with Gasteiger partial charge in [-0.3, -0.25) is 0 Å². The predicted octanol–water partition coefficient (Wildman–Crippen LogP) is 1.39. The van der Waals surface area contributed by atoms with Gasteiger partial charge in [0.05, 0.1) is 0 Å². The van der Waals surface area contributed by atoms with Crippen molar-refractivity contribution in [1.29, 1.82) is 0 Å². The van der Waals surface area contributed by atoms with Crippen LogP contribution in [0.2, 0.25) is 0 Å². The molecule has 0 saturated heterocycles. The molecule has 5 heteroatoms. The summed E-state index contributed by atoms with van der Waals surface area (Å²) in [5.41, 5.74) is 5.24. The van der Waals surface area contributed by atoms with Crippen LogP contribution >= 0.6 is 0 Å². The lowest BCUT2D eigenvalue weighted by molar-refractivity contribution is 0.00718. The largest absolute Gasteiger partial charge is 0.373 e. The number of rotatable bonds is 2. The summed E-state index contributed by atoms with van der Waals surface area (Å²) < 4.78 is 9.95. The summed E-state index contributed by atoms with van der Waals surface area (Å²) in [6, 6.07) is 0.0706. The first-order valence-corrected chi connectivity index (χ1v) is 4.07. The number of nitrogens with zero attached hydrogens (tertiary/aromatic N) is 2. The van der Waals surface area contributed by atoms with E-state index in [1.165, 1.54) is 0 Å². The summed E-state index contributed by atoms with van der Waals surface area (Å²) >= 11 is 0. The molecule has 0 amide bonds. The van der Waals surface area contributed by atoms with Gasteiger partial charge in [-0.15, -0.1) is 0 Å². The maximum atomic E-state index is 5.32. The van der Waals surface area contributed by atoms with E-state index in [1.54, 1.807) is 7.11 Å². The van der Waals surface area contributed by atoms with Crippen molar-refractivity contribution in [2.75, 3.05) is 12.8 Å². The second-order valence-electron chi connectivity index (χ2n) is 3.97. The number of nitrogens with two attached hydrogens (primary N) is 1. The van der Waals surface area contributed by atoms with Gasteiger partial charge in [0.15, 0.2) is 0 Å². The molecule has 0 aliphatic heterocycles. The molecule has 1 unspecified atom stereocenters. The van der Waals surface area contributed by atoms with E-state index in [4.69, 9.17) is 10.5 Å². The molecule has 0 aliphatic carbocycles. The highest BCUT2D eigenvalue weighted by molar-refractivity contribution is 5.09. The smallest absolute Gasteiger partial charge is 0.318 e. The maximum Gasteiger partial charge on any atom is 0.318 e. The molecule has 0 aromatic carbocycles. The van der Waals surface area contributed by atoms with Crippen molar-refractivity contribution < 1.29 is 9.26 Å². The third-order valence-corrected chi connectivity index (χ3v) is 1.71. The molecule has 74 valence electrons. The van der Waals surface area contributed by atoms with Crippen molar-refractivity contribution in [3.63, 3.8) is 0 Å². The molecule has 13 heavy (non-hydrogen) atoms. The van der Waals surface area contributed by atoms with Crippen molar-refractivity contribution in [3.05, 3.63) is 5.82 Å². The zero-order chi connectivity index (χ0) is 10.1. The maximum absolute atomic E-state index is 5.32. The number of nitrogen functional groups attached to an aromatic ring is 1. The molecule has 0 saturated carbocycles. The van der Waals surface area contributed by atoms with Crippen LogP contribution in [0.5, 0.6) is 0 Å². The number of hydrogen-bond acceptors (Lipinski definition) is 5. The van der Waals surface area contributed by atoms with Crippen LogP contribution in [-0.2, 0) is 4.74 Å². The van der Waals surface area contributed by atoms with Crippen molar-refractivity contribution >= 4 is 6.01 Å². The van der Waals surface area contributed by atoms with Crippen LogP contribution < -0.4 is 5.73 Å². The summed E-state index contributed by atoms with van der Waals surface area (Å²) in [5, 5.41) is 3.72. The first kappa shape index (κ1) is 9.98. The Morgan fingerprint density at radius 1 is 1.46 bits per heavy atom. The second-order valence-corrected chi connectivity index (χ2v) is 3.97. The lowest BCUT2D eigenvalue weighted by Gasteiger charge is -2.26. The molecular formula is C8H15N3O2.